The van der Waals surface area contributed by atoms with Crippen molar-refractivity contribution in [2.75, 3.05) is 13.1 Å². The number of likely N-dealkylation sites (tertiary alicyclic amines) is 1. The lowest BCUT2D eigenvalue weighted by atomic mass is 10.1. The van der Waals surface area contributed by atoms with Crippen molar-refractivity contribution in [3.8, 4) is 0 Å². The summed E-state index contributed by atoms with van der Waals surface area (Å²) in [6, 6.07) is 7.53. The van der Waals surface area contributed by atoms with Gasteiger partial charge in [-0.1, -0.05) is 12.1 Å². The Bertz CT molecular complexity index is 533. The minimum Gasteiger partial charge on any atom is -0.346 e. The van der Waals surface area contributed by atoms with Crippen LogP contribution in [-0.4, -0.2) is 41.9 Å². The normalized spacial score (nSPS) is 19.0. The van der Waals surface area contributed by atoms with Crippen LogP contribution in [0.25, 0.3) is 0 Å². The third-order valence-corrected chi connectivity index (χ3v) is 4.71. The van der Waals surface area contributed by atoms with Crippen molar-refractivity contribution < 1.29 is 9.59 Å². The number of rotatable bonds is 5. The van der Waals surface area contributed by atoms with E-state index in [9.17, 15) is 9.59 Å². The van der Waals surface area contributed by atoms with Crippen LogP contribution in [0.5, 0.6) is 0 Å². The molecule has 1 aliphatic heterocycles. The van der Waals surface area contributed by atoms with E-state index in [0.717, 1.165) is 28.5 Å². The molecule has 1 fully saturated rings. The van der Waals surface area contributed by atoms with E-state index >= 15 is 0 Å². The molecule has 1 saturated heterocycles. The first-order chi connectivity index (χ1) is 10.5. The first kappa shape index (κ1) is 17.2. The second kappa shape index (κ2) is 7.92. The van der Waals surface area contributed by atoms with Gasteiger partial charge >= 0.3 is 0 Å². The van der Waals surface area contributed by atoms with E-state index in [-0.39, 0.29) is 24.4 Å². The molecule has 2 atom stereocenters. The van der Waals surface area contributed by atoms with Crippen molar-refractivity contribution in [2.24, 2.45) is 5.73 Å². The predicted molar refractivity (Wildman–Crippen MR) is 94.3 cm³/mol. The molecule has 1 heterocycles. The van der Waals surface area contributed by atoms with Crippen molar-refractivity contribution in [3.05, 3.63) is 33.4 Å². The van der Waals surface area contributed by atoms with Gasteiger partial charge in [0.15, 0.2) is 0 Å². The van der Waals surface area contributed by atoms with Crippen LogP contribution < -0.4 is 11.1 Å². The molecule has 5 nitrogen and oxygen atoms in total. The lowest BCUT2D eigenvalue weighted by molar-refractivity contribution is -0.133. The number of amides is 2. The molecule has 1 aliphatic rings. The van der Waals surface area contributed by atoms with Gasteiger partial charge in [-0.3, -0.25) is 9.59 Å². The Kier molecular flexibility index (Phi) is 6.19. The number of halogens is 1. The largest absolute Gasteiger partial charge is 0.346 e. The first-order valence-electron chi connectivity index (χ1n) is 7.54. The van der Waals surface area contributed by atoms with E-state index < -0.39 is 6.04 Å². The molecule has 0 radical (unpaired) electrons. The number of nitrogens with one attached hydrogen (secondary N) is 1. The number of carbonyl (C=O) groups excluding carboxylic acids is 2. The highest BCUT2D eigenvalue weighted by Crippen LogP contribution is 2.15. The van der Waals surface area contributed by atoms with Gasteiger partial charge < -0.3 is 16.0 Å². The minimum atomic E-state index is -0.635. The van der Waals surface area contributed by atoms with Crippen LogP contribution in [0.4, 0.5) is 0 Å². The fourth-order valence-corrected chi connectivity index (χ4v) is 3.03. The maximum absolute atomic E-state index is 12.0. The van der Waals surface area contributed by atoms with E-state index in [2.05, 4.69) is 27.9 Å². The van der Waals surface area contributed by atoms with Crippen LogP contribution in [-0.2, 0) is 16.0 Å². The zero-order chi connectivity index (χ0) is 16.1. The van der Waals surface area contributed by atoms with Crippen LogP contribution in [0.15, 0.2) is 24.3 Å². The molecule has 0 spiro atoms. The molecule has 0 aromatic heterocycles. The van der Waals surface area contributed by atoms with Crippen molar-refractivity contribution in [1.82, 2.24) is 10.2 Å². The van der Waals surface area contributed by atoms with Crippen LogP contribution in [0.2, 0.25) is 0 Å². The van der Waals surface area contributed by atoms with Crippen molar-refractivity contribution in [1.29, 1.82) is 0 Å². The van der Waals surface area contributed by atoms with Gasteiger partial charge in [0.05, 0.1) is 12.6 Å². The smallest absolute Gasteiger partial charge is 0.242 e. The summed E-state index contributed by atoms with van der Waals surface area (Å²) in [4.78, 5) is 25.9. The highest BCUT2D eigenvalue weighted by Gasteiger charge is 2.25. The molecule has 2 amide bonds. The van der Waals surface area contributed by atoms with Gasteiger partial charge in [0.1, 0.15) is 0 Å². The summed E-state index contributed by atoms with van der Waals surface area (Å²) in [5, 5.41) is 2.65. The Labute approximate surface area is 144 Å². The molecule has 1 aromatic carbocycles. The van der Waals surface area contributed by atoms with Gasteiger partial charge in [0, 0.05) is 16.2 Å². The van der Waals surface area contributed by atoms with Crippen LogP contribution in [0, 0.1) is 3.57 Å². The standard InChI is InChI=1S/C16H22IN3O2/c1-11-3-2-8-20(11)15(21)10-19-16(22)14(18)9-12-4-6-13(17)7-5-12/h4-7,11,14H,2-3,8-10,18H2,1H3,(H,19,22). The van der Waals surface area contributed by atoms with Crippen LogP contribution in [0.1, 0.15) is 25.3 Å². The lowest BCUT2D eigenvalue weighted by Gasteiger charge is -2.22. The van der Waals surface area contributed by atoms with Crippen LogP contribution in [0.3, 0.4) is 0 Å². The Morgan fingerprint density at radius 2 is 2.09 bits per heavy atom. The van der Waals surface area contributed by atoms with E-state index in [1.807, 2.05) is 36.1 Å². The number of nitrogens with zero attached hydrogens (tertiary/aromatic N) is 1. The molecule has 0 bridgehead atoms. The third kappa shape index (κ3) is 4.67. The van der Waals surface area contributed by atoms with Crippen molar-refractivity contribution in [2.45, 2.75) is 38.3 Å². The molecule has 0 saturated carbocycles. The van der Waals surface area contributed by atoms with Gasteiger partial charge in [0.2, 0.25) is 11.8 Å². The van der Waals surface area contributed by atoms with Crippen molar-refractivity contribution >= 4 is 34.4 Å². The molecule has 22 heavy (non-hydrogen) atoms. The summed E-state index contributed by atoms with van der Waals surface area (Å²) in [5.41, 5.74) is 6.93. The van der Waals surface area contributed by atoms with E-state index in [1.165, 1.54) is 0 Å². The first-order valence-corrected chi connectivity index (χ1v) is 8.62. The van der Waals surface area contributed by atoms with Gasteiger partial charge in [-0.2, -0.15) is 0 Å². The summed E-state index contributed by atoms with van der Waals surface area (Å²) in [6.45, 7) is 2.85. The molecule has 120 valence electrons. The maximum Gasteiger partial charge on any atom is 0.242 e. The highest BCUT2D eigenvalue weighted by atomic mass is 127. The topological polar surface area (TPSA) is 75.4 Å². The second-order valence-electron chi connectivity index (χ2n) is 5.73. The molecule has 1 aromatic rings. The third-order valence-electron chi connectivity index (χ3n) is 3.99. The molecule has 2 rings (SSSR count). The summed E-state index contributed by atoms with van der Waals surface area (Å²) >= 11 is 2.23. The maximum atomic E-state index is 12.0. The fourth-order valence-electron chi connectivity index (χ4n) is 2.67. The van der Waals surface area contributed by atoms with Gasteiger partial charge in [-0.25, -0.2) is 0 Å². The molecule has 6 heteroatoms. The summed E-state index contributed by atoms with van der Waals surface area (Å²) in [7, 11) is 0. The fraction of sp³-hybridized carbons (Fsp3) is 0.500. The Hall–Kier alpha value is -1.15. The zero-order valence-electron chi connectivity index (χ0n) is 12.7. The number of benzene rings is 1. The predicted octanol–water partition coefficient (Wildman–Crippen LogP) is 1.29. The van der Waals surface area contributed by atoms with Crippen molar-refractivity contribution in [3.63, 3.8) is 0 Å². The Morgan fingerprint density at radius 1 is 1.41 bits per heavy atom. The van der Waals surface area contributed by atoms with Gasteiger partial charge in [-0.05, 0) is 66.5 Å². The molecular weight excluding hydrogens is 393 g/mol. The summed E-state index contributed by atoms with van der Waals surface area (Å²) < 4.78 is 1.14. The van der Waals surface area contributed by atoms with E-state index in [1.54, 1.807) is 0 Å². The molecular formula is C16H22IN3O2. The highest BCUT2D eigenvalue weighted by molar-refractivity contribution is 14.1. The van der Waals surface area contributed by atoms with E-state index in [0.29, 0.717) is 6.42 Å². The lowest BCUT2D eigenvalue weighted by Crippen LogP contribution is -2.47. The monoisotopic (exact) mass is 415 g/mol. The van der Waals surface area contributed by atoms with Crippen LogP contribution >= 0.6 is 22.6 Å². The number of hydrogen-bond acceptors (Lipinski definition) is 3. The summed E-state index contributed by atoms with van der Waals surface area (Å²) in [6.07, 6.45) is 2.54. The Morgan fingerprint density at radius 3 is 2.68 bits per heavy atom. The number of nitrogens with two attached hydrogens (primary N) is 1. The van der Waals surface area contributed by atoms with E-state index in [4.69, 9.17) is 5.73 Å². The van der Waals surface area contributed by atoms with Gasteiger partial charge in [0.25, 0.3) is 0 Å². The van der Waals surface area contributed by atoms with Gasteiger partial charge in [-0.15, -0.1) is 0 Å². The zero-order valence-corrected chi connectivity index (χ0v) is 14.9. The molecule has 0 aliphatic carbocycles. The number of carbonyl (C=O) groups is 2. The quantitative estimate of drug-likeness (QED) is 0.712. The average Bonchev–Trinajstić information content (AvgIpc) is 2.93. The second-order valence-corrected chi connectivity index (χ2v) is 6.98. The average molecular weight is 415 g/mol. The minimum absolute atomic E-state index is 0.0279. The Balaban J connectivity index is 1.78. The summed E-state index contributed by atoms with van der Waals surface area (Å²) in [5.74, 6) is -0.307. The SMILES string of the molecule is CC1CCCN1C(=O)CNC(=O)C(N)Cc1ccc(I)cc1. The molecule has 2 unspecified atom stereocenters. The number of hydrogen-bond donors (Lipinski definition) is 2. The molecule has 3 N–H and O–H groups in total.